The zero-order valence-electron chi connectivity index (χ0n) is 13.1. The summed E-state index contributed by atoms with van der Waals surface area (Å²) >= 11 is 0. The van der Waals surface area contributed by atoms with Crippen molar-refractivity contribution in [3.8, 4) is 11.1 Å². The van der Waals surface area contributed by atoms with Gasteiger partial charge in [0.2, 0.25) is 0 Å². The Hall–Kier alpha value is -2.08. The van der Waals surface area contributed by atoms with E-state index in [-0.39, 0.29) is 0 Å². The molecule has 0 heterocycles. The van der Waals surface area contributed by atoms with Gasteiger partial charge in [0.1, 0.15) is 0 Å². The molecule has 106 valence electrons. The largest absolute Gasteiger partial charge is 0.0625 e. The SMILES string of the molecule is Cc1cccc(-c2cccc3cc(CC(C)C)ccc23)c1. The highest BCUT2D eigenvalue weighted by molar-refractivity contribution is 5.97. The molecular formula is C21H22. The first-order valence-electron chi connectivity index (χ1n) is 7.72. The summed E-state index contributed by atoms with van der Waals surface area (Å²) < 4.78 is 0. The van der Waals surface area contributed by atoms with Crippen LogP contribution in [0.2, 0.25) is 0 Å². The van der Waals surface area contributed by atoms with Crippen molar-refractivity contribution in [2.75, 3.05) is 0 Å². The molecular weight excluding hydrogens is 252 g/mol. The first-order valence-corrected chi connectivity index (χ1v) is 7.72. The summed E-state index contributed by atoms with van der Waals surface area (Å²) in [6.45, 7) is 6.69. The van der Waals surface area contributed by atoms with Gasteiger partial charge in [0.25, 0.3) is 0 Å². The van der Waals surface area contributed by atoms with Crippen LogP contribution < -0.4 is 0 Å². The summed E-state index contributed by atoms with van der Waals surface area (Å²) in [6.07, 6.45) is 1.14. The summed E-state index contributed by atoms with van der Waals surface area (Å²) in [4.78, 5) is 0. The molecule has 0 saturated carbocycles. The smallest absolute Gasteiger partial charge is 0.0105 e. The third kappa shape index (κ3) is 3.00. The van der Waals surface area contributed by atoms with Gasteiger partial charge in [-0.3, -0.25) is 0 Å². The lowest BCUT2D eigenvalue weighted by atomic mass is 9.94. The number of rotatable bonds is 3. The fourth-order valence-corrected chi connectivity index (χ4v) is 3.00. The van der Waals surface area contributed by atoms with E-state index in [2.05, 4.69) is 81.4 Å². The van der Waals surface area contributed by atoms with E-state index in [0.29, 0.717) is 5.92 Å². The lowest BCUT2D eigenvalue weighted by molar-refractivity contribution is 0.648. The van der Waals surface area contributed by atoms with Gasteiger partial charge in [0.15, 0.2) is 0 Å². The molecule has 0 nitrogen and oxygen atoms in total. The first-order chi connectivity index (χ1) is 10.1. The molecule has 3 rings (SSSR count). The minimum absolute atomic E-state index is 0.697. The molecule has 3 aromatic rings. The van der Waals surface area contributed by atoms with Crippen molar-refractivity contribution in [2.45, 2.75) is 27.2 Å². The molecule has 3 aromatic carbocycles. The van der Waals surface area contributed by atoms with Crippen LogP contribution in [0.25, 0.3) is 21.9 Å². The van der Waals surface area contributed by atoms with Gasteiger partial charge in [-0.25, -0.2) is 0 Å². The average molecular weight is 274 g/mol. The highest BCUT2D eigenvalue weighted by Gasteiger charge is 2.05. The Bertz CT molecular complexity index is 766. The van der Waals surface area contributed by atoms with Crippen LogP contribution in [0.3, 0.4) is 0 Å². The molecule has 0 fully saturated rings. The lowest BCUT2D eigenvalue weighted by Crippen LogP contribution is -1.93. The highest BCUT2D eigenvalue weighted by Crippen LogP contribution is 2.30. The van der Waals surface area contributed by atoms with E-state index in [9.17, 15) is 0 Å². The molecule has 0 saturated heterocycles. The van der Waals surface area contributed by atoms with Crippen LogP contribution in [-0.4, -0.2) is 0 Å². The predicted molar refractivity (Wildman–Crippen MR) is 92.7 cm³/mol. The Labute approximate surface area is 127 Å². The van der Waals surface area contributed by atoms with Crippen LogP contribution in [0, 0.1) is 12.8 Å². The monoisotopic (exact) mass is 274 g/mol. The molecule has 0 atom stereocenters. The molecule has 0 heteroatoms. The van der Waals surface area contributed by atoms with E-state index < -0.39 is 0 Å². The van der Waals surface area contributed by atoms with Gasteiger partial charge in [-0.05, 0) is 46.7 Å². The van der Waals surface area contributed by atoms with Gasteiger partial charge in [0.05, 0.1) is 0 Å². The highest BCUT2D eigenvalue weighted by atomic mass is 14.1. The molecule has 0 amide bonds. The van der Waals surface area contributed by atoms with Gasteiger partial charge < -0.3 is 0 Å². The molecule has 0 aromatic heterocycles. The first kappa shape index (κ1) is 13.9. The quantitative estimate of drug-likeness (QED) is 0.548. The number of hydrogen-bond donors (Lipinski definition) is 0. The van der Waals surface area contributed by atoms with Crippen LogP contribution in [-0.2, 0) is 6.42 Å². The summed E-state index contributed by atoms with van der Waals surface area (Å²) in [5.74, 6) is 0.697. The Morgan fingerprint density at radius 1 is 0.857 bits per heavy atom. The van der Waals surface area contributed by atoms with Crippen molar-refractivity contribution in [1.82, 2.24) is 0 Å². The van der Waals surface area contributed by atoms with Crippen LogP contribution >= 0.6 is 0 Å². The van der Waals surface area contributed by atoms with E-state index in [0.717, 1.165) is 6.42 Å². The fraction of sp³-hybridized carbons (Fsp3) is 0.238. The summed E-state index contributed by atoms with van der Waals surface area (Å²) in [6, 6.07) is 22.3. The molecule has 0 unspecified atom stereocenters. The second kappa shape index (κ2) is 5.73. The van der Waals surface area contributed by atoms with E-state index in [1.54, 1.807) is 0 Å². The zero-order chi connectivity index (χ0) is 14.8. The molecule has 0 radical (unpaired) electrons. The van der Waals surface area contributed by atoms with Crippen LogP contribution in [0.5, 0.6) is 0 Å². The Morgan fingerprint density at radius 2 is 1.67 bits per heavy atom. The molecule has 0 aliphatic heterocycles. The van der Waals surface area contributed by atoms with Crippen molar-refractivity contribution in [2.24, 2.45) is 5.92 Å². The maximum Gasteiger partial charge on any atom is -0.0105 e. The minimum Gasteiger partial charge on any atom is -0.0625 e. The fourth-order valence-electron chi connectivity index (χ4n) is 3.00. The minimum atomic E-state index is 0.697. The summed E-state index contributed by atoms with van der Waals surface area (Å²) in [5.41, 5.74) is 5.37. The maximum absolute atomic E-state index is 2.34. The molecule has 0 bridgehead atoms. The number of hydrogen-bond acceptors (Lipinski definition) is 0. The Kier molecular flexibility index (Phi) is 3.79. The van der Waals surface area contributed by atoms with E-state index in [4.69, 9.17) is 0 Å². The average Bonchev–Trinajstić information content (AvgIpc) is 2.45. The second-order valence-corrected chi connectivity index (χ2v) is 6.33. The van der Waals surface area contributed by atoms with Crippen molar-refractivity contribution in [3.05, 3.63) is 71.8 Å². The Balaban J connectivity index is 2.12. The molecule has 21 heavy (non-hydrogen) atoms. The normalized spacial score (nSPS) is 11.2. The third-order valence-electron chi connectivity index (χ3n) is 3.92. The second-order valence-electron chi connectivity index (χ2n) is 6.33. The Morgan fingerprint density at radius 3 is 2.43 bits per heavy atom. The van der Waals surface area contributed by atoms with Gasteiger partial charge in [-0.2, -0.15) is 0 Å². The van der Waals surface area contributed by atoms with Crippen LogP contribution in [0.4, 0.5) is 0 Å². The summed E-state index contributed by atoms with van der Waals surface area (Å²) in [5, 5.41) is 2.68. The predicted octanol–water partition coefficient (Wildman–Crippen LogP) is 6.01. The number of fused-ring (bicyclic) bond motifs is 1. The molecule has 0 aliphatic carbocycles. The number of aryl methyl sites for hydroxylation is 1. The summed E-state index contributed by atoms with van der Waals surface area (Å²) in [7, 11) is 0. The van der Waals surface area contributed by atoms with Crippen LogP contribution in [0.15, 0.2) is 60.7 Å². The van der Waals surface area contributed by atoms with Gasteiger partial charge in [-0.15, -0.1) is 0 Å². The van der Waals surface area contributed by atoms with E-state index in [1.165, 1.54) is 33.0 Å². The molecule has 0 spiro atoms. The van der Waals surface area contributed by atoms with Gasteiger partial charge in [0, 0.05) is 0 Å². The van der Waals surface area contributed by atoms with E-state index >= 15 is 0 Å². The van der Waals surface area contributed by atoms with Crippen LogP contribution in [0.1, 0.15) is 25.0 Å². The van der Waals surface area contributed by atoms with Crippen molar-refractivity contribution < 1.29 is 0 Å². The molecule has 0 N–H and O–H groups in total. The van der Waals surface area contributed by atoms with E-state index in [1.807, 2.05) is 0 Å². The topological polar surface area (TPSA) is 0 Å². The van der Waals surface area contributed by atoms with Gasteiger partial charge >= 0.3 is 0 Å². The van der Waals surface area contributed by atoms with Gasteiger partial charge in [-0.1, -0.05) is 80.1 Å². The third-order valence-corrected chi connectivity index (χ3v) is 3.92. The molecule has 0 aliphatic rings. The number of benzene rings is 3. The van der Waals surface area contributed by atoms with Crippen molar-refractivity contribution in [3.63, 3.8) is 0 Å². The maximum atomic E-state index is 2.34. The van der Waals surface area contributed by atoms with Crippen molar-refractivity contribution >= 4 is 10.8 Å². The van der Waals surface area contributed by atoms with Crippen molar-refractivity contribution in [1.29, 1.82) is 0 Å². The standard InChI is InChI=1S/C21H22/c1-15(2)12-17-10-11-21-19(14-17)8-5-9-20(21)18-7-4-6-16(3)13-18/h4-11,13-15H,12H2,1-3H3. The zero-order valence-corrected chi connectivity index (χ0v) is 13.1. The lowest BCUT2D eigenvalue weighted by Gasteiger charge is -2.10.